The van der Waals surface area contributed by atoms with Gasteiger partial charge in [-0.3, -0.25) is 4.79 Å². The van der Waals surface area contributed by atoms with Crippen LogP contribution in [0.1, 0.15) is 13.3 Å². The van der Waals surface area contributed by atoms with Gasteiger partial charge in [-0.2, -0.15) is 0 Å². The van der Waals surface area contributed by atoms with Gasteiger partial charge in [0.2, 0.25) is 5.91 Å². The Balaban J connectivity index is 2.99. The van der Waals surface area contributed by atoms with E-state index in [1.54, 1.807) is 12.1 Å². The lowest BCUT2D eigenvalue weighted by Crippen LogP contribution is -2.35. The van der Waals surface area contributed by atoms with Crippen molar-refractivity contribution in [2.75, 3.05) is 24.3 Å². The van der Waals surface area contributed by atoms with Gasteiger partial charge in [0.05, 0.1) is 22.4 Å². The van der Waals surface area contributed by atoms with E-state index >= 15 is 0 Å². The fourth-order valence-electron chi connectivity index (χ4n) is 1.48. The van der Waals surface area contributed by atoms with Crippen LogP contribution in [0.4, 0.5) is 11.4 Å². The van der Waals surface area contributed by atoms with Gasteiger partial charge >= 0.3 is 0 Å². The van der Waals surface area contributed by atoms with Crippen molar-refractivity contribution < 1.29 is 4.79 Å². The van der Waals surface area contributed by atoms with Crippen LogP contribution in [0, 0.1) is 0 Å². The predicted molar refractivity (Wildman–Crippen MR) is 72.7 cm³/mol. The Morgan fingerprint density at radius 1 is 1.53 bits per heavy atom. The summed E-state index contributed by atoms with van der Waals surface area (Å²) in [5.74, 6) is -0.196. The lowest BCUT2D eigenvalue weighted by molar-refractivity contribution is -0.117. The average Bonchev–Trinajstić information content (AvgIpc) is 2.27. The molecule has 0 spiro atoms. The normalized spacial score (nSPS) is 12.1. The maximum Gasteiger partial charge on any atom is 0.241 e. The predicted octanol–water partition coefficient (Wildman–Crippen LogP) is 2.08. The highest BCUT2D eigenvalue weighted by Crippen LogP contribution is 2.32. The average molecular weight is 256 g/mol. The number of para-hydroxylation sites is 1. The number of carbonyl (C=O) groups is 1. The van der Waals surface area contributed by atoms with Crippen molar-refractivity contribution in [1.82, 2.24) is 0 Å². The van der Waals surface area contributed by atoms with Crippen molar-refractivity contribution in [1.29, 1.82) is 0 Å². The summed E-state index contributed by atoms with van der Waals surface area (Å²) < 4.78 is 0. The van der Waals surface area contributed by atoms with E-state index in [9.17, 15) is 4.79 Å². The number of benzene rings is 1. The summed E-state index contributed by atoms with van der Waals surface area (Å²) in [6.07, 6.45) is 0.601. The SMILES string of the molecule is CC[C@H](N)C(=O)Nc1cccc(Cl)c1N(C)C. The summed E-state index contributed by atoms with van der Waals surface area (Å²) in [6.45, 7) is 1.87. The van der Waals surface area contributed by atoms with Gasteiger partial charge in [0.1, 0.15) is 0 Å². The van der Waals surface area contributed by atoms with Crippen LogP contribution in [0.3, 0.4) is 0 Å². The molecule has 0 aliphatic rings. The summed E-state index contributed by atoms with van der Waals surface area (Å²) in [5.41, 5.74) is 7.13. The van der Waals surface area contributed by atoms with E-state index < -0.39 is 6.04 Å². The smallest absolute Gasteiger partial charge is 0.241 e. The Bertz CT molecular complexity index is 407. The van der Waals surface area contributed by atoms with Gasteiger partial charge in [-0.05, 0) is 18.6 Å². The van der Waals surface area contributed by atoms with Crippen LogP contribution in [-0.4, -0.2) is 26.0 Å². The Labute approximate surface area is 107 Å². The molecule has 0 bridgehead atoms. The molecule has 0 aromatic heterocycles. The van der Waals surface area contributed by atoms with Crippen molar-refractivity contribution in [3.8, 4) is 0 Å². The molecule has 1 rings (SSSR count). The Kier molecular flexibility index (Phi) is 4.78. The topological polar surface area (TPSA) is 58.4 Å². The summed E-state index contributed by atoms with van der Waals surface area (Å²) in [7, 11) is 3.74. The largest absolute Gasteiger partial charge is 0.375 e. The summed E-state index contributed by atoms with van der Waals surface area (Å²) in [6, 6.07) is 4.89. The first kappa shape index (κ1) is 13.8. The highest BCUT2D eigenvalue weighted by Gasteiger charge is 2.15. The fraction of sp³-hybridized carbons (Fsp3) is 0.417. The van der Waals surface area contributed by atoms with Gasteiger partial charge in [-0.15, -0.1) is 0 Å². The zero-order valence-corrected chi connectivity index (χ0v) is 11.1. The van der Waals surface area contributed by atoms with Crippen molar-refractivity contribution in [3.63, 3.8) is 0 Å². The standard InChI is InChI=1S/C12H18ClN3O/c1-4-9(14)12(17)15-10-7-5-6-8(13)11(10)16(2)3/h5-7,9H,4,14H2,1-3H3,(H,15,17)/t9-/m0/s1. The van der Waals surface area contributed by atoms with Crippen LogP contribution >= 0.6 is 11.6 Å². The van der Waals surface area contributed by atoms with E-state index in [1.165, 1.54) is 0 Å². The Morgan fingerprint density at radius 3 is 2.71 bits per heavy atom. The number of hydrogen-bond acceptors (Lipinski definition) is 3. The Hall–Kier alpha value is -1.26. The first-order valence-corrected chi connectivity index (χ1v) is 5.87. The molecule has 4 nitrogen and oxygen atoms in total. The molecule has 0 radical (unpaired) electrons. The van der Waals surface area contributed by atoms with E-state index in [-0.39, 0.29) is 5.91 Å². The summed E-state index contributed by atoms with van der Waals surface area (Å²) in [5, 5.41) is 3.39. The van der Waals surface area contributed by atoms with Crippen molar-refractivity contribution in [2.45, 2.75) is 19.4 Å². The van der Waals surface area contributed by atoms with Crippen LogP contribution in [0.25, 0.3) is 0 Å². The molecule has 0 fully saturated rings. The first-order valence-electron chi connectivity index (χ1n) is 5.49. The number of nitrogens with one attached hydrogen (secondary N) is 1. The number of hydrogen-bond donors (Lipinski definition) is 2. The molecule has 0 aliphatic heterocycles. The van der Waals surface area contributed by atoms with Crippen molar-refractivity contribution >= 4 is 28.9 Å². The molecule has 94 valence electrons. The second-order valence-corrected chi connectivity index (χ2v) is 4.44. The first-order chi connectivity index (χ1) is 7.97. The van der Waals surface area contributed by atoms with E-state index in [1.807, 2.05) is 32.0 Å². The van der Waals surface area contributed by atoms with Crippen LogP contribution in [0.5, 0.6) is 0 Å². The third-order valence-electron chi connectivity index (χ3n) is 2.47. The third-order valence-corrected chi connectivity index (χ3v) is 2.77. The molecule has 5 heteroatoms. The van der Waals surface area contributed by atoms with Gasteiger partial charge in [0.25, 0.3) is 0 Å². The van der Waals surface area contributed by atoms with Crippen LogP contribution in [-0.2, 0) is 4.79 Å². The maximum absolute atomic E-state index is 11.7. The van der Waals surface area contributed by atoms with Crippen LogP contribution in [0.2, 0.25) is 5.02 Å². The summed E-state index contributed by atoms with van der Waals surface area (Å²) >= 11 is 6.10. The molecule has 0 saturated heterocycles. The molecule has 3 N–H and O–H groups in total. The second-order valence-electron chi connectivity index (χ2n) is 4.03. The molecule has 1 aromatic carbocycles. The molecule has 0 saturated carbocycles. The molecule has 1 amide bonds. The number of rotatable bonds is 4. The van der Waals surface area contributed by atoms with Gasteiger partial charge in [0, 0.05) is 14.1 Å². The van der Waals surface area contributed by atoms with Crippen LogP contribution in [0.15, 0.2) is 18.2 Å². The number of nitrogens with two attached hydrogens (primary N) is 1. The molecular formula is C12H18ClN3O. The molecule has 1 aromatic rings. The zero-order valence-electron chi connectivity index (χ0n) is 10.3. The molecule has 17 heavy (non-hydrogen) atoms. The maximum atomic E-state index is 11.7. The van der Waals surface area contributed by atoms with Gasteiger partial charge < -0.3 is 16.0 Å². The molecular weight excluding hydrogens is 238 g/mol. The molecule has 0 unspecified atom stereocenters. The Morgan fingerprint density at radius 2 is 2.18 bits per heavy atom. The minimum Gasteiger partial charge on any atom is -0.375 e. The van der Waals surface area contributed by atoms with Crippen molar-refractivity contribution in [3.05, 3.63) is 23.2 Å². The minimum absolute atomic E-state index is 0.196. The van der Waals surface area contributed by atoms with Gasteiger partial charge in [0.15, 0.2) is 0 Å². The lowest BCUT2D eigenvalue weighted by atomic mass is 10.2. The fourth-order valence-corrected chi connectivity index (χ4v) is 1.83. The highest BCUT2D eigenvalue weighted by molar-refractivity contribution is 6.34. The summed E-state index contributed by atoms with van der Waals surface area (Å²) in [4.78, 5) is 13.6. The van der Waals surface area contributed by atoms with Gasteiger partial charge in [-0.1, -0.05) is 24.6 Å². The quantitative estimate of drug-likeness (QED) is 0.866. The number of halogens is 1. The van der Waals surface area contributed by atoms with E-state index in [4.69, 9.17) is 17.3 Å². The highest BCUT2D eigenvalue weighted by atomic mass is 35.5. The van der Waals surface area contributed by atoms with E-state index in [0.29, 0.717) is 17.1 Å². The van der Waals surface area contributed by atoms with Crippen LogP contribution < -0.4 is 16.0 Å². The van der Waals surface area contributed by atoms with E-state index in [0.717, 1.165) is 5.69 Å². The monoisotopic (exact) mass is 255 g/mol. The number of amides is 1. The third kappa shape index (κ3) is 3.35. The molecule has 0 heterocycles. The minimum atomic E-state index is -0.496. The second kappa shape index (κ2) is 5.89. The number of nitrogens with zero attached hydrogens (tertiary/aromatic N) is 1. The molecule has 1 atom stereocenters. The number of carbonyl (C=O) groups excluding carboxylic acids is 1. The van der Waals surface area contributed by atoms with Crippen molar-refractivity contribution in [2.24, 2.45) is 5.73 Å². The number of anilines is 2. The van der Waals surface area contributed by atoms with Gasteiger partial charge in [-0.25, -0.2) is 0 Å². The lowest BCUT2D eigenvalue weighted by Gasteiger charge is -2.20. The zero-order chi connectivity index (χ0) is 13.0. The molecule has 0 aliphatic carbocycles. The van der Waals surface area contributed by atoms with E-state index in [2.05, 4.69) is 5.32 Å².